The van der Waals surface area contributed by atoms with Gasteiger partial charge in [-0.1, -0.05) is 18.2 Å². The zero-order chi connectivity index (χ0) is 15.1. The van der Waals surface area contributed by atoms with Crippen molar-refractivity contribution in [2.75, 3.05) is 30.4 Å². The molecule has 21 heavy (non-hydrogen) atoms. The Morgan fingerprint density at radius 2 is 1.95 bits per heavy atom. The first-order chi connectivity index (χ1) is 10.2. The first-order valence-electron chi connectivity index (χ1n) is 6.74. The molecule has 0 unspecified atom stereocenters. The van der Waals surface area contributed by atoms with Crippen LogP contribution in [0.5, 0.6) is 0 Å². The highest BCUT2D eigenvalue weighted by atomic mass is 16.4. The van der Waals surface area contributed by atoms with Crippen LogP contribution in [0.3, 0.4) is 0 Å². The number of nitrogens with zero attached hydrogens (tertiary/aromatic N) is 3. The second-order valence-corrected chi connectivity index (χ2v) is 4.65. The average molecular weight is 286 g/mol. The van der Waals surface area contributed by atoms with Gasteiger partial charge in [0, 0.05) is 25.8 Å². The van der Waals surface area contributed by atoms with E-state index in [-0.39, 0.29) is 5.69 Å². The fraction of sp³-hybridized carbons (Fsp3) is 0.267. The van der Waals surface area contributed by atoms with E-state index in [9.17, 15) is 4.79 Å². The van der Waals surface area contributed by atoms with E-state index in [0.717, 1.165) is 19.5 Å². The Hall–Kier alpha value is -2.63. The number of hydrogen-bond donors (Lipinski definition) is 2. The molecule has 1 aromatic carbocycles. The van der Waals surface area contributed by atoms with Gasteiger partial charge in [-0.2, -0.15) is 0 Å². The molecule has 110 valence electrons. The lowest BCUT2D eigenvalue weighted by molar-refractivity contribution is 0.0689. The van der Waals surface area contributed by atoms with Gasteiger partial charge in [-0.25, -0.2) is 4.79 Å². The summed E-state index contributed by atoms with van der Waals surface area (Å²) in [6.07, 6.45) is 0.938. The summed E-state index contributed by atoms with van der Waals surface area (Å²) < 4.78 is 0. The fourth-order valence-corrected chi connectivity index (χ4v) is 1.88. The minimum atomic E-state index is -1.07. The molecule has 0 saturated heterocycles. The highest BCUT2D eigenvalue weighted by molar-refractivity contribution is 5.85. The lowest BCUT2D eigenvalue weighted by atomic mass is 10.3. The van der Waals surface area contributed by atoms with Crippen LogP contribution in [-0.4, -0.2) is 41.4 Å². The smallest absolute Gasteiger partial charge is 0.356 e. The van der Waals surface area contributed by atoms with Crippen LogP contribution in [-0.2, 0) is 0 Å². The van der Waals surface area contributed by atoms with Gasteiger partial charge in [0.1, 0.15) is 5.82 Å². The fourth-order valence-electron chi connectivity index (χ4n) is 1.88. The van der Waals surface area contributed by atoms with Crippen molar-refractivity contribution in [3.05, 3.63) is 48.2 Å². The van der Waals surface area contributed by atoms with E-state index in [1.54, 1.807) is 6.07 Å². The number of aromatic carboxylic acids is 1. The standard InChI is InChI=1S/C15H18N4O2/c1-19(12-6-3-2-4-7-12)11-5-10-16-14-9-8-13(15(20)21)17-18-14/h2-4,6-9H,5,10-11H2,1H3,(H,16,18)(H,20,21). The van der Waals surface area contributed by atoms with E-state index < -0.39 is 5.97 Å². The molecule has 1 heterocycles. The minimum absolute atomic E-state index is 0.0515. The molecule has 0 radical (unpaired) electrons. The van der Waals surface area contributed by atoms with Gasteiger partial charge in [0.25, 0.3) is 0 Å². The van der Waals surface area contributed by atoms with Crippen molar-refractivity contribution in [2.24, 2.45) is 0 Å². The number of nitrogens with one attached hydrogen (secondary N) is 1. The summed E-state index contributed by atoms with van der Waals surface area (Å²) in [5.41, 5.74) is 1.13. The number of carboxylic acids is 1. The normalized spacial score (nSPS) is 10.1. The molecule has 2 aromatic rings. The molecule has 0 aliphatic carbocycles. The maximum atomic E-state index is 10.7. The zero-order valence-corrected chi connectivity index (χ0v) is 11.9. The van der Waals surface area contributed by atoms with Crippen LogP contribution in [0.2, 0.25) is 0 Å². The lowest BCUT2D eigenvalue weighted by Gasteiger charge is -2.19. The Labute approximate surface area is 123 Å². The van der Waals surface area contributed by atoms with Crippen molar-refractivity contribution in [1.82, 2.24) is 10.2 Å². The second-order valence-electron chi connectivity index (χ2n) is 4.65. The molecule has 1 aromatic heterocycles. The number of para-hydroxylation sites is 1. The Bertz CT molecular complexity index is 572. The molecule has 2 N–H and O–H groups in total. The van der Waals surface area contributed by atoms with E-state index >= 15 is 0 Å². The third-order valence-electron chi connectivity index (χ3n) is 3.06. The first kappa shape index (κ1) is 14.8. The summed E-state index contributed by atoms with van der Waals surface area (Å²) in [5.74, 6) is -0.485. The summed E-state index contributed by atoms with van der Waals surface area (Å²) in [7, 11) is 2.05. The average Bonchev–Trinajstić information content (AvgIpc) is 2.52. The largest absolute Gasteiger partial charge is 0.476 e. The van der Waals surface area contributed by atoms with Gasteiger partial charge in [0.15, 0.2) is 5.69 Å². The summed E-state index contributed by atoms with van der Waals surface area (Å²) in [5, 5.41) is 19.3. The van der Waals surface area contributed by atoms with Crippen LogP contribution in [0.15, 0.2) is 42.5 Å². The van der Waals surface area contributed by atoms with Gasteiger partial charge in [0.05, 0.1) is 0 Å². The predicted molar refractivity (Wildman–Crippen MR) is 81.8 cm³/mol. The van der Waals surface area contributed by atoms with Crippen LogP contribution in [0.4, 0.5) is 11.5 Å². The number of hydrogen-bond acceptors (Lipinski definition) is 5. The molecule has 0 spiro atoms. The highest BCUT2D eigenvalue weighted by Gasteiger charge is 2.04. The van der Waals surface area contributed by atoms with E-state index in [1.165, 1.54) is 11.8 Å². The van der Waals surface area contributed by atoms with Crippen molar-refractivity contribution in [3.8, 4) is 0 Å². The molecule has 0 fully saturated rings. The Morgan fingerprint density at radius 1 is 1.19 bits per heavy atom. The van der Waals surface area contributed by atoms with E-state index in [1.807, 2.05) is 18.2 Å². The van der Waals surface area contributed by atoms with Crippen molar-refractivity contribution in [2.45, 2.75) is 6.42 Å². The number of benzene rings is 1. The SMILES string of the molecule is CN(CCCNc1ccc(C(=O)O)nn1)c1ccccc1. The summed E-state index contributed by atoms with van der Waals surface area (Å²) in [6, 6.07) is 13.2. The van der Waals surface area contributed by atoms with Gasteiger partial charge < -0.3 is 15.3 Å². The number of anilines is 2. The van der Waals surface area contributed by atoms with Crippen LogP contribution in [0.1, 0.15) is 16.9 Å². The van der Waals surface area contributed by atoms with Crippen molar-refractivity contribution >= 4 is 17.5 Å². The zero-order valence-electron chi connectivity index (χ0n) is 11.9. The van der Waals surface area contributed by atoms with E-state index in [2.05, 4.69) is 39.6 Å². The van der Waals surface area contributed by atoms with Crippen LogP contribution >= 0.6 is 0 Å². The highest BCUT2D eigenvalue weighted by Crippen LogP contribution is 2.11. The second kappa shape index (κ2) is 7.23. The maximum absolute atomic E-state index is 10.7. The van der Waals surface area contributed by atoms with Crippen molar-refractivity contribution in [1.29, 1.82) is 0 Å². The van der Waals surface area contributed by atoms with Gasteiger partial charge in [0.2, 0.25) is 0 Å². The molecular weight excluding hydrogens is 268 g/mol. The molecule has 0 amide bonds. The Kier molecular flexibility index (Phi) is 5.09. The van der Waals surface area contributed by atoms with E-state index in [4.69, 9.17) is 5.11 Å². The van der Waals surface area contributed by atoms with Gasteiger partial charge in [-0.15, -0.1) is 10.2 Å². The number of carbonyl (C=O) groups is 1. The molecule has 0 saturated carbocycles. The molecular formula is C15H18N4O2. The van der Waals surface area contributed by atoms with Gasteiger partial charge in [-0.3, -0.25) is 0 Å². The third kappa shape index (κ3) is 4.45. The monoisotopic (exact) mass is 286 g/mol. The Balaban J connectivity index is 1.73. The molecule has 0 bridgehead atoms. The molecule has 6 heteroatoms. The summed E-state index contributed by atoms with van der Waals surface area (Å²) >= 11 is 0. The van der Waals surface area contributed by atoms with Crippen LogP contribution in [0.25, 0.3) is 0 Å². The number of carboxylic acid groups (broad SMARTS) is 1. The number of aromatic nitrogens is 2. The number of rotatable bonds is 7. The molecule has 0 aliphatic rings. The third-order valence-corrected chi connectivity index (χ3v) is 3.06. The molecule has 0 atom stereocenters. The molecule has 6 nitrogen and oxygen atoms in total. The maximum Gasteiger partial charge on any atom is 0.356 e. The van der Waals surface area contributed by atoms with Gasteiger partial charge in [-0.05, 0) is 30.7 Å². The molecule has 0 aliphatic heterocycles. The van der Waals surface area contributed by atoms with E-state index in [0.29, 0.717) is 5.82 Å². The first-order valence-corrected chi connectivity index (χ1v) is 6.74. The summed E-state index contributed by atoms with van der Waals surface area (Å²) in [6.45, 7) is 1.66. The van der Waals surface area contributed by atoms with Crippen LogP contribution < -0.4 is 10.2 Å². The van der Waals surface area contributed by atoms with Crippen LogP contribution in [0, 0.1) is 0 Å². The Morgan fingerprint density at radius 3 is 2.57 bits per heavy atom. The van der Waals surface area contributed by atoms with Crippen molar-refractivity contribution in [3.63, 3.8) is 0 Å². The topological polar surface area (TPSA) is 78.4 Å². The predicted octanol–water partition coefficient (Wildman–Crippen LogP) is 2.11. The molecule has 2 rings (SSSR count). The summed E-state index contributed by atoms with van der Waals surface area (Å²) in [4.78, 5) is 12.8. The quantitative estimate of drug-likeness (QED) is 0.759. The lowest BCUT2D eigenvalue weighted by Crippen LogP contribution is -2.20. The van der Waals surface area contributed by atoms with Crippen molar-refractivity contribution < 1.29 is 9.90 Å². The minimum Gasteiger partial charge on any atom is -0.476 e. The van der Waals surface area contributed by atoms with Gasteiger partial charge >= 0.3 is 5.97 Å².